The predicted octanol–water partition coefficient (Wildman–Crippen LogP) is 4.34. The first-order chi connectivity index (χ1) is 11.1. The Morgan fingerprint density at radius 3 is 2.17 bits per heavy atom. The first kappa shape index (κ1) is 19.6. The molecule has 0 heterocycles. The Kier molecular flexibility index (Phi) is 8.77. The lowest BCUT2D eigenvalue weighted by molar-refractivity contribution is -0.116. The van der Waals surface area contributed by atoms with Gasteiger partial charge in [-0.05, 0) is 36.1 Å². The molecule has 1 N–H and O–H groups in total. The topological polar surface area (TPSA) is 49.4 Å². The van der Waals surface area contributed by atoms with Crippen LogP contribution in [0, 0.1) is 0 Å². The van der Waals surface area contributed by atoms with Gasteiger partial charge in [-0.3, -0.25) is 9.59 Å². The van der Waals surface area contributed by atoms with Crippen molar-refractivity contribution >= 4 is 28.6 Å². The third-order valence-electron chi connectivity index (χ3n) is 3.62. The molecule has 0 bridgehead atoms. The summed E-state index contributed by atoms with van der Waals surface area (Å²) < 4.78 is 0. The number of nitrogens with one attached hydrogen (secondary N) is 1. The van der Waals surface area contributed by atoms with E-state index < -0.39 is 0 Å². The molecule has 0 spiro atoms. The second-order valence-electron chi connectivity index (χ2n) is 5.33. The lowest BCUT2D eigenvalue weighted by Gasteiger charge is -2.22. The van der Waals surface area contributed by atoms with Gasteiger partial charge in [0.05, 0.1) is 0 Å². The molecular formula is C18H28N2O2S. The summed E-state index contributed by atoms with van der Waals surface area (Å²) in [6.07, 6.45) is 2.58. The standard InChI is InChI=1S/C18H28N2O2S/c1-5-12-20(18(22)23-8-4)13-16(21)19-17-14(6-2)10-9-11-15(17)7-3/h9-11H,5-8,12-13H2,1-4H3,(H,19,21). The van der Waals surface area contributed by atoms with Crippen molar-refractivity contribution in [2.24, 2.45) is 0 Å². The number of hydrogen-bond donors (Lipinski definition) is 1. The van der Waals surface area contributed by atoms with Crippen LogP contribution < -0.4 is 5.32 Å². The number of rotatable bonds is 8. The third kappa shape index (κ3) is 5.90. The molecule has 128 valence electrons. The Morgan fingerprint density at radius 1 is 1.09 bits per heavy atom. The zero-order chi connectivity index (χ0) is 17.2. The van der Waals surface area contributed by atoms with Crippen LogP contribution in [0.2, 0.25) is 0 Å². The first-order valence-electron chi connectivity index (χ1n) is 8.39. The van der Waals surface area contributed by atoms with E-state index in [-0.39, 0.29) is 17.7 Å². The second-order valence-corrected chi connectivity index (χ2v) is 6.54. The molecule has 1 rings (SSSR count). The number of carbonyl (C=O) groups excluding carboxylic acids is 2. The molecule has 0 unspecified atom stereocenters. The smallest absolute Gasteiger partial charge is 0.282 e. The SMILES string of the molecule is CCCN(CC(=O)Nc1c(CC)cccc1CC)C(=O)SCC. The predicted molar refractivity (Wildman–Crippen MR) is 99.2 cm³/mol. The van der Waals surface area contributed by atoms with Crippen LogP contribution in [0.25, 0.3) is 0 Å². The van der Waals surface area contributed by atoms with Crippen LogP contribution in [0.15, 0.2) is 18.2 Å². The Bertz CT molecular complexity index is 510. The van der Waals surface area contributed by atoms with E-state index in [1.54, 1.807) is 4.90 Å². The van der Waals surface area contributed by atoms with Crippen LogP contribution in [0.1, 0.15) is 45.2 Å². The number of hydrogen-bond acceptors (Lipinski definition) is 3. The summed E-state index contributed by atoms with van der Waals surface area (Å²) in [7, 11) is 0. The van der Waals surface area contributed by atoms with Gasteiger partial charge in [0, 0.05) is 12.2 Å². The second kappa shape index (κ2) is 10.3. The molecule has 0 saturated heterocycles. The third-order valence-corrected chi connectivity index (χ3v) is 4.41. The summed E-state index contributed by atoms with van der Waals surface area (Å²) in [5, 5.41) is 3.00. The van der Waals surface area contributed by atoms with Crippen molar-refractivity contribution in [2.75, 3.05) is 24.2 Å². The molecule has 5 heteroatoms. The van der Waals surface area contributed by atoms with Gasteiger partial charge in [0.15, 0.2) is 0 Å². The summed E-state index contributed by atoms with van der Waals surface area (Å²) in [5.74, 6) is 0.596. The maximum absolute atomic E-state index is 12.4. The molecule has 0 radical (unpaired) electrons. The van der Waals surface area contributed by atoms with Crippen LogP contribution in [0.5, 0.6) is 0 Å². The van der Waals surface area contributed by atoms with Crippen molar-refractivity contribution in [2.45, 2.75) is 47.0 Å². The summed E-state index contributed by atoms with van der Waals surface area (Å²) in [4.78, 5) is 26.1. The van der Waals surface area contributed by atoms with Crippen molar-refractivity contribution in [1.29, 1.82) is 0 Å². The van der Waals surface area contributed by atoms with Crippen LogP contribution in [-0.4, -0.2) is 34.9 Å². The summed E-state index contributed by atoms with van der Waals surface area (Å²) in [5.41, 5.74) is 3.18. The lowest BCUT2D eigenvalue weighted by atomic mass is 10.0. The molecule has 0 atom stereocenters. The fraction of sp³-hybridized carbons (Fsp3) is 0.556. The number of anilines is 1. The largest absolute Gasteiger partial charge is 0.324 e. The Balaban J connectivity index is 2.84. The summed E-state index contributed by atoms with van der Waals surface area (Å²) in [6.45, 7) is 8.83. The van der Waals surface area contributed by atoms with Gasteiger partial charge in [0.1, 0.15) is 6.54 Å². The minimum atomic E-state index is -0.126. The average molecular weight is 337 g/mol. The van der Waals surface area contributed by atoms with Crippen LogP contribution in [0.3, 0.4) is 0 Å². The van der Waals surface area contributed by atoms with E-state index >= 15 is 0 Å². The summed E-state index contributed by atoms with van der Waals surface area (Å²) >= 11 is 1.25. The average Bonchev–Trinajstić information content (AvgIpc) is 2.54. The molecule has 1 aromatic rings. The minimum absolute atomic E-state index is 0.0241. The number of thioether (sulfide) groups is 1. The summed E-state index contributed by atoms with van der Waals surface area (Å²) in [6, 6.07) is 6.10. The van der Waals surface area contributed by atoms with Crippen LogP contribution in [-0.2, 0) is 17.6 Å². The van der Waals surface area contributed by atoms with Crippen LogP contribution in [0.4, 0.5) is 10.5 Å². The molecule has 4 nitrogen and oxygen atoms in total. The van der Waals surface area contributed by atoms with E-state index in [4.69, 9.17) is 0 Å². The van der Waals surface area contributed by atoms with Crippen molar-refractivity contribution in [3.8, 4) is 0 Å². The lowest BCUT2D eigenvalue weighted by Crippen LogP contribution is -2.36. The van der Waals surface area contributed by atoms with Crippen molar-refractivity contribution < 1.29 is 9.59 Å². The molecular weight excluding hydrogens is 308 g/mol. The minimum Gasteiger partial charge on any atom is -0.324 e. The monoisotopic (exact) mass is 336 g/mol. The molecule has 0 fully saturated rings. The maximum Gasteiger partial charge on any atom is 0.282 e. The fourth-order valence-electron chi connectivity index (χ4n) is 2.47. The van der Waals surface area contributed by atoms with Crippen molar-refractivity contribution in [3.05, 3.63) is 29.3 Å². The van der Waals surface area contributed by atoms with Crippen molar-refractivity contribution in [3.63, 3.8) is 0 Å². The van der Waals surface area contributed by atoms with E-state index in [1.807, 2.05) is 32.0 Å². The molecule has 2 amide bonds. The number of carbonyl (C=O) groups is 2. The molecule has 0 aliphatic carbocycles. The Hall–Kier alpha value is -1.49. The number of aryl methyl sites for hydroxylation is 2. The number of benzene rings is 1. The van der Waals surface area contributed by atoms with E-state index in [9.17, 15) is 9.59 Å². The van der Waals surface area contributed by atoms with E-state index in [2.05, 4.69) is 19.2 Å². The van der Waals surface area contributed by atoms with Gasteiger partial charge in [-0.1, -0.05) is 57.7 Å². The van der Waals surface area contributed by atoms with Gasteiger partial charge >= 0.3 is 0 Å². The van der Waals surface area contributed by atoms with Gasteiger partial charge in [0.25, 0.3) is 5.24 Å². The van der Waals surface area contributed by atoms with Crippen LogP contribution >= 0.6 is 11.8 Å². The molecule has 23 heavy (non-hydrogen) atoms. The first-order valence-corrected chi connectivity index (χ1v) is 9.38. The zero-order valence-electron chi connectivity index (χ0n) is 14.6. The Morgan fingerprint density at radius 2 is 1.70 bits per heavy atom. The van der Waals surface area contributed by atoms with Gasteiger partial charge < -0.3 is 10.2 Å². The van der Waals surface area contributed by atoms with Gasteiger partial charge in [-0.15, -0.1) is 0 Å². The van der Waals surface area contributed by atoms with Crippen molar-refractivity contribution in [1.82, 2.24) is 4.90 Å². The van der Waals surface area contributed by atoms with E-state index in [1.165, 1.54) is 11.8 Å². The fourth-order valence-corrected chi connectivity index (χ4v) is 3.06. The normalized spacial score (nSPS) is 10.4. The molecule has 1 aromatic carbocycles. The van der Waals surface area contributed by atoms with E-state index in [0.29, 0.717) is 6.54 Å². The number of amides is 2. The molecule has 0 aromatic heterocycles. The van der Waals surface area contributed by atoms with E-state index in [0.717, 1.165) is 41.8 Å². The highest BCUT2D eigenvalue weighted by molar-refractivity contribution is 8.13. The molecule has 0 saturated carbocycles. The highest BCUT2D eigenvalue weighted by Gasteiger charge is 2.17. The molecule has 0 aliphatic heterocycles. The van der Waals surface area contributed by atoms with Gasteiger partial charge in [-0.2, -0.15) is 0 Å². The highest BCUT2D eigenvalue weighted by atomic mass is 32.2. The quantitative estimate of drug-likeness (QED) is 0.768. The highest BCUT2D eigenvalue weighted by Crippen LogP contribution is 2.22. The maximum atomic E-state index is 12.4. The number of para-hydroxylation sites is 1. The Labute approximate surface area is 144 Å². The zero-order valence-corrected chi connectivity index (χ0v) is 15.5. The number of nitrogens with zero attached hydrogens (tertiary/aromatic N) is 1. The molecule has 0 aliphatic rings. The van der Waals surface area contributed by atoms with Gasteiger partial charge in [0.2, 0.25) is 5.91 Å². The van der Waals surface area contributed by atoms with Gasteiger partial charge in [-0.25, -0.2) is 0 Å².